The maximum atomic E-state index is 12.4. The van der Waals surface area contributed by atoms with E-state index in [2.05, 4.69) is 5.32 Å². The minimum absolute atomic E-state index is 0.0780. The third-order valence-corrected chi connectivity index (χ3v) is 3.33. The van der Waals surface area contributed by atoms with Gasteiger partial charge in [0, 0.05) is 13.0 Å². The molecule has 0 aromatic heterocycles. The number of nitrogens with two attached hydrogens (primary N) is 1. The SMILES string of the molecule is NC(=O)CC(C(=O)NCc1ccccc1)c1ccc(O)cc1. The molecule has 0 saturated heterocycles. The molecule has 2 aromatic carbocycles. The van der Waals surface area contributed by atoms with E-state index in [4.69, 9.17) is 5.73 Å². The van der Waals surface area contributed by atoms with Crippen LogP contribution >= 0.6 is 0 Å². The fourth-order valence-corrected chi connectivity index (χ4v) is 2.18. The first-order valence-corrected chi connectivity index (χ1v) is 6.95. The molecule has 0 fully saturated rings. The zero-order valence-electron chi connectivity index (χ0n) is 12.0. The molecule has 1 atom stereocenters. The molecule has 0 spiro atoms. The van der Waals surface area contributed by atoms with Crippen LogP contribution in [0.4, 0.5) is 0 Å². The van der Waals surface area contributed by atoms with E-state index < -0.39 is 11.8 Å². The van der Waals surface area contributed by atoms with Crippen LogP contribution < -0.4 is 11.1 Å². The number of benzene rings is 2. The molecule has 114 valence electrons. The van der Waals surface area contributed by atoms with Crippen LogP contribution in [0.3, 0.4) is 0 Å². The van der Waals surface area contributed by atoms with Crippen molar-refractivity contribution in [3.63, 3.8) is 0 Å². The number of aromatic hydroxyl groups is 1. The molecule has 1 unspecified atom stereocenters. The molecule has 0 aliphatic carbocycles. The van der Waals surface area contributed by atoms with Gasteiger partial charge in [-0.3, -0.25) is 9.59 Å². The van der Waals surface area contributed by atoms with Crippen LogP contribution in [0.5, 0.6) is 5.75 Å². The number of hydrogen-bond acceptors (Lipinski definition) is 3. The summed E-state index contributed by atoms with van der Waals surface area (Å²) >= 11 is 0. The number of carbonyl (C=O) groups is 2. The maximum Gasteiger partial charge on any atom is 0.228 e. The van der Waals surface area contributed by atoms with Crippen LogP contribution in [0.1, 0.15) is 23.5 Å². The lowest BCUT2D eigenvalue weighted by Gasteiger charge is -2.16. The maximum absolute atomic E-state index is 12.4. The molecular formula is C17H18N2O3. The molecule has 2 aromatic rings. The highest BCUT2D eigenvalue weighted by molar-refractivity contribution is 5.89. The Bertz CT molecular complexity index is 639. The van der Waals surface area contributed by atoms with E-state index in [-0.39, 0.29) is 18.1 Å². The summed E-state index contributed by atoms with van der Waals surface area (Å²) in [4.78, 5) is 23.6. The van der Waals surface area contributed by atoms with Gasteiger partial charge in [0.25, 0.3) is 0 Å². The normalized spacial score (nSPS) is 11.6. The Kier molecular flexibility index (Phi) is 5.14. The minimum atomic E-state index is -0.665. The highest BCUT2D eigenvalue weighted by atomic mass is 16.3. The largest absolute Gasteiger partial charge is 0.508 e. The number of rotatable bonds is 6. The standard InChI is InChI=1S/C17H18N2O3/c18-16(21)10-15(13-6-8-14(20)9-7-13)17(22)19-11-12-4-2-1-3-5-12/h1-9,15,20H,10-11H2,(H2,18,21)(H,19,22). The summed E-state index contributed by atoms with van der Waals surface area (Å²) in [5.74, 6) is -1.38. The zero-order chi connectivity index (χ0) is 15.9. The Morgan fingerprint density at radius 2 is 1.68 bits per heavy atom. The number of phenolic OH excluding ortho intramolecular Hbond substituents is 1. The van der Waals surface area contributed by atoms with E-state index in [1.807, 2.05) is 30.3 Å². The molecule has 0 saturated carbocycles. The van der Waals surface area contributed by atoms with Gasteiger partial charge in [-0.25, -0.2) is 0 Å². The van der Waals surface area contributed by atoms with Crippen molar-refractivity contribution < 1.29 is 14.7 Å². The predicted molar refractivity (Wildman–Crippen MR) is 82.9 cm³/mol. The number of primary amides is 1. The molecule has 5 nitrogen and oxygen atoms in total. The summed E-state index contributed by atoms with van der Waals surface area (Å²) in [6.07, 6.45) is -0.0780. The second kappa shape index (κ2) is 7.26. The number of phenols is 1. The summed E-state index contributed by atoms with van der Waals surface area (Å²) in [5.41, 5.74) is 6.85. The Hall–Kier alpha value is -2.82. The summed E-state index contributed by atoms with van der Waals surface area (Å²) < 4.78 is 0. The fourth-order valence-electron chi connectivity index (χ4n) is 2.18. The molecule has 0 aliphatic heterocycles. The second-order valence-electron chi connectivity index (χ2n) is 5.02. The van der Waals surface area contributed by atoms with Crippen molar-refractivity contribution in [3.05, 3.63) is 65.7 Å². The van der Waals surface area contributed by atoms with E-state index in [9.17, 15) is 14.7 Å². The van der Waals surface area contributed by atoms with Crippen molar-refractivity contribution in [2.24, 2.45) is 5.73 Å². The molecule has 22 heavy (non-hydrogen) atoms. The number of nitrogens with one attached hydrogen (secondary N) is 1. The van der Waals surface area contributed by atoms with Gasteiger partial charge in [0.05, 0.1) is 5.92 Å². The van der Waals surface area contributed by atoms with Gasteiger partial charge in [-0.05, 0) is 23.3 Å². The average molecular weight is 298 g/mol. The highest BCUT2D eigenvalue weighted by Crippen LogP contribution is 2.22. The van der Waals surface area contributed by atoms with Crippen molar-refractivity contribution in [1.29, 1.82) is 0 Å². The van der Waals surface area contributed by atoms with Gasteiger partial charge in [0.15, 0.2) is 0 Å². The van der Waals surface area contributed by atoms with Gasteiger partial charge in [-0.2, -0.15) is 0 Å². The van der Waals surface area contributed by atoms with E-state index in [0.29, 0.717) is 12.1 Å². The molecule has 0 heterocycles. The Balaban J connectivity index is 2.09. The van der Waals surface area contributed by atoms with Gasteiger partial charge in [-0.15, -0.1) is 0 Å². The lowest BCUT2D eigenvalue weighted by atomic mass is 9.94. The lowest BCUT2D eigenvalue weighted by molar-refractivity contribution is -0.126. The molecule has 2 amide bonds. The predicted octanol–water partition coefficient (Wildman–Crippen LogP) is 1.67. The van der Waals surface area contributed by atoms with Crippen LogP contribution in [0.15, 0.2) is 54.6 Å². The molecular weight excluding hydrogens is 280 g/mol. The Morgan fingerprint density at radius 1 is 1.05 bits per heavy atom. The van der Waals surface area contributed by atoms with Crippen LogP contribution in [0, 0.1) is 0 Å². The Labute approximate surface area is 128 Å². The summed E-state index contributed by atoms with van der Waals surface area (Å²) in [6.45, 7) is 0.382. The minimum Gasteiger partial charge on any atom is -0.508 e. The molecule has 5 heteroatoms. The monoisotopic (exact) mass is 298 g/mol. The van der Waals surface area contributed by atoms with Crippen LogP contribution in [-0.2, 0) is 16.1 Å². The Morgan fingerprint density at radius 3 is 2.27 bits per heavy atom. The van der Waals surface area contributed by atoms with E-state index >= 15 is 0 Å². The van der Waals surface area contributed by atoms with Gasteiger partial charge in [0.2, 0.25) is 11.8 Å². The van der Waals surface area contributed by atoms with Gasteiger partial charge >= 0.3 is 0 Å². The third kappa shape index (κ3) is 4.34. The van der Waals surface area contributed by atoms with E-state index in [1.165, 1.54) is 12.1 Å². The van der Waals surface area contributed by atoms with Gasteiger partial charge in [-0.1, -0.05) is 42.5 Å². The highest BCUT2D eigenvalue weighted by Gasteiger charge is 2.22. The van der Waals surface area contributed by atoms with Crippen molar-refractivity contribution >= 4 is 11.8 Å². The quantitative estimate of drug-likeness (QED) is 0.757. The average Bonchev–Trinajstić information content (AvgIpc) is 2.52. The van der Waals surface area contributed by atoms with Crippen molar-refractivity contribution in [1.82, 2.24) is 5.32 Å². The van der Waals surface area contributed by atoms with Crippen molar-refractivity contribution in [2.75, 3.05) is 0 Å². The summed E-state index contributed by atoms with van der Waals surface area (Å²) in [6, 6.07) is 15.7. The summed E-state index contributed by atoms with van der Waals surface area (Å²) in [7, 11) is 0. The first kappa shape index (κ1) is 15.6. The van der Waals surface area contributed by atoms with E-state index in [0.717, 1.165) is 5.56 Å². The first-order valence-electron chi connectivity index (χ1n) is 6.95. The van der Waals surface area contributed by atoms with Crippen molar-refractivity contribution in [2.45, 2.75) is 18.9 Å². The smallest absolute Gasteiger partial charge is 0.228 e. The van der Waals surface area contributed by atoms with Crippen LogP contribution in [-0.4, -0.2) is 16.9 Å². The molecule has 0 radical (unpaired) electrons. The van der Waals surface area contributed by atoms with Gasteiger partial charge < -0.3 is 16.2 Å². The molecule has 0 aliphatic rings. The number of carbonyl (C=O) groups excluding carboxylic acids is 2. The van der Waals surface area contributed by atoms with Gasteiger partial charge in [0.1, 0.15) is 5.75 Å². The third-order valence-electron chi connectivity index (χ3n) is 3.33. The lowest BCUT2D eigenvalue weighted by Crippen LogP contribution is -2.31. The zero-order valence-corrected chi connectivity index (χ0v) is 12.0. The first-order chi connectivity index (χ1) is 10.6. The van der Waals surface area contributed by atoms with Crippen LogP contribution in [0.2, 0.25) is 0 Å². The number of amides is 2. The number of hydrogen-bond donors (Lipinski definition) is 3. The second-order valence-corrected chi connectivity index (χ2v) is 5.02. The van der Waals surface area contributed by atoms with Crippen LogP contribution in [0.25, 0.3) is 0 Å². The molecule has 4 N–H and O–H groups in total. The fraction of sp³-hybridized carbons (Fsp3) is 0.176. The topological polar surface area (TPSA) is 92.4 Å². The van der Waals surface area contributed by atoms with Crippen molar-refractivity contribution in [3.8, 4) is 5.75 Å². The van der Waals surface area contributed by atoms with E-state index in [1.54, 1.807) is 12.1 Å². The summed E-state index contributed by atoms with van der Waals surface area (Å²) in [5, 5.41) is 12.1. The molecule has 2 rings (SSSR count). The molecule has 0 bridgehead atoms.